The Kier molecular flexibility index (Phi) is 3.45. The molecule has 2 N–H and O–H groups in total. The predicted octanol–water partition coefficient (Wildman–Crippen LogP) is 0.369. The third kappa shape index (κ3) is 2.27. The molecule has 6 heteroatoms. The first-order chi connectivity index (χ1) is 8.50. The standard InChI is InChI=1S/C12H21N5O/c1-9-11(13)12(16(3)14-9)15(2)8-10(18)17-6-4-5-7-17/h4-8,13H2,1-3H3. The molecule has 6 nitrogen and oxygen atoms in total. The smallest absolute Gasteiger partial charge is 0.242 e. The van der Waals surface area contributed by atoms with E-state index < -0.39 is 0 Å². The molecular weight excluding hydrogens is 230 g/mol. The fraction of sp³-hybridized carbons (Fsp3) is 0.667. The van der Waals surface area contributed by atoms with Crippen LogP contribution in [0.25, 0.3) is 0 Å². The van der Waals surface area contributed by atoms with E-state index in [-0.39, 0.29) is 5.91 Å². The molecule has 1 aromatic rings. The third-order valence-electron chi connectivity index (χ3n) is 3.43. The van der Waals surface area contributed by atoms with Gasteiger partial charge in [-0.2, -0.15) is 5.10 Å². The van der Waals surface area contributed by atoms with E-state index in [2.05, 4.69) is 5.10 Å². The summed E-state index contributed by atoms with van der Waals surface area (Å²) >= 11 is 0. The van der Waals surface area contributed by atoms with Crippen molar-refractivity contribution in [1.29, 1.82) is 0 Å². The Morgan fingerprint density at radius 3 is 2.56 bits per heavy atom. The van der Waals surface area contributed by atoms with Crippen LogP contribution >= 0.6 is 0 Å². The molecule has 1 aliphatic rings. The first kappa shape index (κ1) is 12.7. The molecule has 1 saturated heterocycles. The van der Waals surface area contributed by atoms with Gasteiger partial charge in [0.25, 0.3) is 0 Å². The van der Waals surface area contributed by atoms with Crippen molar-refractivity contribution in [2.45, 2.75) is 19.8 Å². The SMILES string of the molecule is Cc1nn(C)c(N(C)CC(=O)N2CCCC2)c1N. The van der Waals surface area contributed by atoms with Crippen molar-refractivity contribution in [3.05, 3.63) is 5.69 Å². The van der Waals surface area contributed by atoms with Gasteiger partial charge in [-0.15, -0.1) is 0 Å². The molecule has 1 fully saturated rings. The quantitative estimate of drug-likeness (QED) is 0.843. The fourth-order valence-electron chi connectivity index (χ4n) is 2.46. The zero-order chi connectivity index (χ0) is 13.3. The van der Waals surface area contributed by atoms with Gasteiger partial charge in [-0.05, 0) is 19.8 Å². The fourth-order valence-corrected chi connectivity index (χ4v) is 2.46. The van der Waals surface area contributed by atoms with Crippen molar-refractivity contribution in [2.24, 2.45) is 7.05 Å². The van der Waals surface area contributed by atoms with Gasteiger partial charge >= 0.3 is 0 Å². The van der Waals surface area contributed by atoms with Gasteiger partial charge in [-0.1, -0.05) is 0 Å². The van der Waals surface area contributed by atoms with E-state index in [9.17, 15) is 4.79 Å². The van der Waals surface area contributed by atoms with Crippen molar-refractivity contribution >= 4 is 17.4 Å². The lowest BCUT2D eigenvalue weighted by Crippen LogP contribution is -2.38. The Balaban J connectivity index is 2.07. The average Bonchev–Trinajstić information content (AvgIpc) is 2.88. The molecule has 0 bridgehead atoms. The number of nitrogens with two attached hydrogens (primary N) is 1. The second-order valence-electron chi connectivity index (χ2n) is 4.89. The minimum atomic E-state index is 0.160. The minimum Gasteiger partial charge on any atom is -0.394 e. The van der Waals surface area contributed by atoms with Crippen LogP contribution in [0.3, 0.4) is 0 Å². The molecule has 100 valence electrons. The Hall–Kier alpha value is -1.72. The van der Waals surface area contributed by atoms with E-state index >= 15 is 0 Å². The van der Waals surface area contributed by atoms with Gasteiger partial charge in [0.05, 0.1) is 17.9 Å². The first-order valence-electron chi connectivity index (χ1n) is 6.28. The van der Waals surface area contributed by atoms with Crippen LogP contribution in [-0.2, 0) is 11.8 Å². The van der Waals surface area contributed by atoms with Crippen molar-refractivity contribution < 1.29 is 4.79 Å². The largest absolute Gasteiger partial charge is 0.394 e. The number of likely N-dealkylation sites (tertiary alicyclic amines) is 1. The van der Waals surface area contributed by atoms with Crippen LogP contribution in [0.2, 0.25) is 0 Å². The maximum atomic E-state index is 12.1. The van der Waals surface area contributed by atoms with Gasteiger partial charge in [0.2, 0.25) is 5.91 Å². The molecule has 0 aliphatic carbocycles. The number of nitrogen functional groups attached to an aromatic ring is 1. The highest BCUT2D eigenvalue weighted by molar-refractivity contribution is 5.82. The van der Waals surface area contributed by atoms with E-state index in [4.69, 9.17) is 5.73 Å². The highest BCUT2D eigenvalue weighted by Gasteiger charge is 2.22. The number of aryl methyl sites for hydroxylation is 2. The Labute approximate surface area is 107 Å². The summed E-state index contributed by atoms with van der Waals surface area (Å²) in [5, 5.41) is 4.26. The monoisotopic (exact) mass is 251 g/mol. The highest BCUT2D eigenvalue weighted by Crippen LogP contribution is 2.24. The molecule has 1 aromatic heterocycles. The summed E-state index contributed by atoms with van der Waals surface area (Å²) in [6.07, 6.45) is 2.23. The van der Waals surface area contributed by atoms with Crippen LogP contribution in [0.5, 0.6) is 0 Å². The van der Waals surface area contributed by atoms with E-state index in [1.807, 2.05) is 30.8 Å². The Morgan fingerprint density at radius 2 is 2.06 bits per heavy atom. The molecule has 1 amide bonds. The number of aromatic nitrogens is 2. The van der Waals surface area contributed by atoms with E-state index in [0.29, 0.717) is 12.2 Å². The Bertz CT molecular complexity index is 448. The van der Waals surface area contributed by atoms with Gasteiger partial charge in [-0.25, -0.2) is 0 Å². The summed E-state index contributed by atoms with van der Waals surface area (Å²) in [5.41, 5.74) is 7.43. The number of nitrogens with zero attached hydrogens (tertiary/aromatic N) is 4. The minimum absolute atomic E-state index is 0.160. The molecular formula is C12H21N5O. The molecule has 1 aliphatic heterocycles. The summed E-state index contributed by atoms with van der Waals surface area (Å²) in [4.78, 5) is 15.9. The summed E-state index contributed by atoms with van der Waals surface area (Å²) < 4.78 is 1.72. The van der Waals surface area contributed by atoms with E-state index in [1.165, 1.54) is 0 Å². The van der Waals surface area contributed by atoms with Crippen LogP contribution in [-0.4, -0.2) is 47.3 Å². The maximum Gasteiger partial charge on any atom is 0.242 e. The second kappa shape index (κ2) is 4.88. The van der Waals surface area contributed by atoms with Crippen LogP contribution in [0, 0.1) is 6.92 Å². The summed E-state index contributed by atoms with van der Waals surface area (Å²) in [6.45, 7) is 3.98. The normalized spacial score (nSPS) is 15.2. The zero-order valence-electron chi connectivity index (χ0n) is 11.3. The molecule has 2 heterocycles. The number of anilines is 2. The van der Waals surface area contributed by atoms with E-state index in [0.717, 1.165) is 37.4 Å². The molecule has 0 unspecified atom stereocenters. The van der Waals surface area contributed by atoms with E-state index in [1.54, 1.807) is 4.68 Å². The molecule has 0 atom stereocenters. The van der Waals surface area contributed by atoms with Gasteiger partial charge in [0.15, 0.2) is 5.82 Å². The van der Waals surface area contributed by atoms with Gasteiger partial charge < -0.3 is 15.5 Å². The molecule has 2 rings (SSSR count). The van der Waals surface area contributed by atoms with Crippen LogP contribution in [0.4, 0.5) is 11.5 Å². The predicted molar refractivity (Wildman–Crippen MR) is 71.4 cm³/mol. The number of carbonyl (C=O) groups excluding carboxylic acids is 1. The van der Waals surface area contributed by atoms with Gasteiger partial charge in [-0.3, -0.25) is 9.48 Å². The summed E-state index contributed by atoms with van der Waals surface area (Å²) in [5.74, 6) is 0.966. The molecule has 0 radical (unpaired) electrons. The average molecular weight is 251 g/mol. The van der Waals surface area contributed by atoms with Crippen molar-refractivity contribution in [3.63, 3.8) is 0 Å². The number of hydrogen-bond acceptors (Lipinski definition) is 4. The number of likely N-dealkylation sites (N-methyl/N-ethyl adjacent to an activating group) is 1. The van der Waals surface area contributed by atoms with Crippen LogP contribution in [0.15, 0.2) is 0 Å². The topological polar surface area (TPSA) is 67.4 Å². The van der Waals surface area contributed by atoms with Crippen molar-refractivity contribution in [2.75, 3.05) is 37.3 Å². The molecule has 0 saturated carbocycles. The Morgan fingerprint density at radius 1 is 1.44 bits per heavy atom. The summed E-state index contributed by atoms with van der Waals surface area (Å²) in [7, 11) is 3.72. The number of amides is 1. The van der Waals surface area contributed by atoms with Gasteiger partial charge in [0, 0.05) is 27.2 Å². The zero-order valence-corrected chi connectivity index (χ0v) is 11.3. The maximum absolute atomic E-state index is 12.1. The number of carbonyl (C=O) groups is 1. The summed E-state index contributed by atoms with van der Waals surface area (Å²) in [6, 6.07) is 0. The number of hydrogen-bond donors (Lipinski definition) is 1. The molecule has 0 spiro atoms. The lowest BCUT2D eigenvalue weighted by atomic mass is 10.3. The van der Waals surface area contributed by atoms with Crippen molar-refractivity contribution in [1.82, 2.24) is 14.7 Å². The van der Waals surface area contributed by atoms with Crippen molar-refractivity contribution in [3.8, 4) is 0 Å². The third-order valence-corrected chi connectivity index (χ3v) is 3.43. The molecule has 18 heavy (non-hydrogen) atoms. The van der Waals surface area contributed by atoms with Crippen LogP contribution in [0.1, 0.15) is 18.5 Å². The number of rotatable bonds is 3. The van der Waals surface area contributed by atoms with Gasteiger partial charge in [0.1, 0.15) is 0 Å². The lowest BCUT2D eigenvalue weighted by molar-refractivity contribution is -0.128. The molecule has 0 aromatic carbocycles. The second-order valence-corrected chi connectivity index (χ2v) is 4.89. The van der Waals surface area contributed by atoms with Crippen LogP contribution < -0.4 is 10.6 Å². The highest BCUT2D eigenvalue weighted by atomic mass is 16.2. The first-order valence-corrected chi connectivity index (χ1v) is 6.28. The lowest BCUT2D eigenvalue weighted by Gasteiger charge is -2.23.